The quantitative estimate of drug-likeness (QED) is 0.614. The summed E-state index contributed by atoms with van der Waals surface area (Å²) in [5, 5.41) is 11.0. The molecule has 1 saturated carbocycles. The number of nitro benzene ring substituents is 1. The van der Waals surface area contributed by atoms with Crippen LogP contribution in [0.3, 0.4) is 0 Å². The zero-order valence-electron chi connectivity index (χ0n) is 14.4. The lowest BCUT2D eigenvalue weighted by Gasteiger charge is -2.25. The van der Waals surface area contributed by atoms with Crippen LogP contribution in [0.2, 0.25) is 0 Å². The molecule has 8 heteroatoms. The summed E-state index contributed by atoms with van der Waals surface area (Å²) in [6, 6.07) is 3.27. The van der Waals surface area contributed by atoms with E-state index in [9.17, 15) is 19.3 Å². The number of halogens is 1. The number of nitro groups is 1. The Labute approximate surface area is 144 Å². The van der Waals surface area contributed by atoms with Crippen LogP contribution in [0.1, 0.15) is 20.8 Å². The van der Waals surface area contributed by atoms with Crippen molar-refractivity contribution in [1.82, 2.24) is 4.90 Å². The van der Waals surface area contributed by atoms with Crippen LogP contribution in [-0.4, -0.2) is 41.2 Å². The average Bonchev–Trinajstić information content (AvgIpc) is 2.94. The largest absolute Gasteiger partial charge is 0.486 e. The molecule has 1 saturated heterocycles. The van der Waals surface area contributed by atoms with Crippen LogP contribution in [0.15, 0.2) is 18.2 Å². The third kappa shape index (κ3) is 3.83. The monoisotopic (exact) mass is 352 g/mol. The first kappa shape index (κ1) is 17.4. The van der Waals surface area contributed by atoms with Crippen molar-refractivity contribution >= 4 is 11.8 Å². The van der Waals surface area contributed by atoms with Crippen molar-refractivity contribution in [2.45, 2.75) is 26.4 Å². The van der Waals surface area contributed by atoms with Gasteiger partial charge in [-0.1, -0.05) is 0 Å². The summed E-state index contributed by atoms with van der Waals surface area (Å²) in [7, 11) is 0. The van der Waals surface area contributed by atoms with Crippen LogP contribution in [0.4, 0.5) is 14.9 Å². The van der Waals surface area contributed by atoms with Crippen molar-refractivity contribution in [1.29, 1.82) is 0 Å². The molecular formula is C17H21FN2O5. The van der Waals surface area contributed by atoms with E-state index in [1.165, 1.54) is 6.07 Å². The molecule has 1 aliphatic heterocycles. The van der Waals surface area contributed by atoms with Gasteiger partial charge in [-0.2, -0.15) is 0 Å². The van der Waals surface area contributed by atoms with Gasteiger partial charge in [-0.15, -0.1) is 0 Å². The van der Waals surface area contributed by atoms with E-state index in [1.54, 1.807) is 4.90 Å². The van der Waals surface area contributed by atoms with Gasteiger partial charge in [0.05, 0.1) is 17.6 Å². The normalized spacial score (nSPS) is 24.6. The van der Waals surface area contributed by atoms with E-state index in [2.05, 4.69) is 0 Å². The first-order valence-electron chi connectivity index (χ1n) is 8.20. The Bertz CT molecular complexity index is 691. The van der Waals surface area contributed by atoms with E-state index < -0.39 is 16.3 Å². The topological polar surface area (TPSA) is 81.9 Å². The molecule has 0 radical (unpaired) electrons. The number of fused-ring (bicyclic) bond motifs is 1. The molecule has 0 aromatic heterocycles. The number of hydrogen-bond acceptors (Lipinski definition) is 5. The summed E-state index contributed by atoms with van der Waals surface area (Å²) in [5.41, 5.74) is -0.894. The minimum Gasteiger partial charge on any atom is -0.486 e. The molecule has 3 atom stereocenters. The van der Waals surface area contributed by atoms with Gasteiger partial charge in [0.25, 0.3) is 0 Å². The van der Waals surface area contributed by atoms with Crippen LogP contribution in [0.25, 0.3) is 0 Å². The van der Waals surface area contributed by atoms with E-state index in [0.717, 1.165) is 12.1 Å². The molecule has 1 heterocycles. The lowest BCUT2D eigenvalue weighted by molar-refractivity contribution is -0.386. The maximum Gasteiger partial charge on any atom is 0.410 e. The van der Waals surface area contributed by atoms with E-state index >= 15 is 0 Å². The number of likely N-dealkylation sites (tertiary alicyclic amines) is 1. The molecular weight excluding hydrogens is 331 g/mol. The highest BCUT2D eigenvalue weighted by Gasteiger charge is 2.57. The second-order valence-electron chi connectivity index (χ2n) is 7.56. The van der Waals surface area contributed by atoms with Crippen molar-refractivity contribution in [3.63, 3.8) is 0 Å². The summed E-state index contributed by atoms with van der Waals surface area (Å²) < 4.78 is 24.0. The van der Waals surface area contributed by atoms with E-state index in [0.29, 0.717) is 31.5 Å². The minimum absolute atomic E-state index is 0.0698. The second kappa shape index (κ2) is 6.16. The highest BCUT2D eigenvalue weighted by atomic mass is 19.1. The Morgan fingerprint density at radius 1 is 1.36 bits per heavy atom. The van der Waals surface area contributed by atoms with Crippen molar-refractivity contribution in [2.24, 2.45) is 17.8 Å². The number of amides is 1. The molecule has 0 bridgehead atoms. The van der Waals surface area contributed by atoms with Crippen molar-refractivity contribution in [3.05, 3.63) is 34.1 Å². The first-order valence-corrected chi connectivity index (χ1v) is 8.20. The molecule has 0 N–H and O–H groups in total. The smallest absolute Gasteiger partial charge is 0.410 e. The van der Waals surface area contributed by atoms with E-state index in [-0.39, 0.29) is 23.4 Å². The minimum atomic E-state index is -0.671. The van der Waals surface area contributed by atoms with Crippen LogP contribution >= 0.6 is 0 Å². The molecule has 1 aromatic carbocycles. The summed E-state index contributed by atoms with van der Waals surface area (Å²) in [6.45, 7) is 7.03. The molecule has 2 fully saturated rings. The first-order chi connectivity index (χ1) is 11.7. The van der Waals surface area contributed by atoms with E-state index in [1.807, 2.05) is 20.8 Å². The van der Waals surface area contributed by atoms with Crippen molar-refractivity contribution in [2.75, 3.05) is 19.7 Å². The number of carbonyl (C=O) groups excluding carboxylic acids is 1. The maximum atomic E-state index is 13.1. The van der Waals surface area contributed by atoms with Crippen molar-refractivity contribution in [3.8, 4) is 5.75 Å². The third-order valence-electron chi connectivity index (χ3n) is 4.57. The summed E-state index contributed by atoms with van der Waals surface area (Å²) in [4.78, 5) is 24.0. The Morgan fingerprint density at radius 2 is 2.00 bits per heavy atom. The Balaban J connectivity index is 1.51. The molecule has 0 spiro atoms. The fourth-order valence-corrected chi connectivity index (χ4v) is 3.31. The summed E-state index contributed by atoms with van der Waals surface area (Å²) in [5.74, 6) is 0.304. The molecule has 1 aromatic rings. The Hall–Kier alpha value is -2.38. The SMILES string of the molecule is CC(C)(C)OC(=O)N1CC2[C@@H](COc3ccc(F)cc3[N+](=O)[O-])[C@H]2C1. The van der Waals surface area contributed by atoms with Crippen LogP contribution < -0.4 is 4.74 Å². The predicted molar refractivity (Wildman–Crippen MR) is 86.8 cm³/mol. The molecule has 2 aliphatic rings. The number of benzene rings is 1. The number of rotatable bonds is 4. The van der Waals surface area contributed by atoms with Crippen LogP contribution in [-0.2, 0) is 4.74 Å². The van der Waals surface area contributed by atoms with Gasteiger partial charge in [0.15, 0.2) is 5.75 Å². The van der Waals surface area contributed by atoms with Gasteiger partial charge >= 0.3 is 11.8 Å². The van der Waals surface area contributed by atoms with Gasteiger partial charge in [-0.3, -0.25) is 10.1 Å². The predicted octanol–water partition coefficient (Wildman–Crippen LogP) is 3.23. The van der Waals surface area contributed by atoms with Crippen LogP contribution in [0, 0.1) is 33.7 Å². The highest BCUT2D eigenvalue weighted by molar-refractivity contribution is 5.69. The lowest BCUT2D eigenvalue weighted by atomic mass is 10.2. The average molecular weight is 352 g/mol. The van der Waals surface area contributed by atoms with Gasteiger partial charge in [0.2, 0.25) is 0 Å². The summed E-state index contributed by atoms with van der Waals surface area (Å²) in [6.07, 6.45) is -0.312. The van der Waals surface area contributed by atoms with Gasteiger partial charge < -0.3 is 14.4 Å². The highest BCUT2D eigenvalue weighted by Crippen LogP contribution is 2.52. The number of hydrogen-bond donors (Lipinski definition) is 0. The maximum absolute atomic E-state index is 13.1. The van der Waals surface area contributed by atoms with Gasteiger partial charge in [-0.05, 0) is 44.7 Å². The molecule has 136 valence electrons. The molecule has 1 aliphatic carbocycles. The fourth-order valence-electron chi connectivity index (χ4n) is 3.31. The Morgan fingerprint density at radius 3 is 2.56 bits per heavy atom. The number of piperidine rings is 1. The zero-order valence-corrected chi connectivity index (χ0v) is 14.4. The van der Waals surface area contributed by atoms with E-state index in [4.69, 9.17) is 9.47 Å². The van der Waals surface area contributed by atoms with Gasteiger partial charge in [-0.25, -0.2) is 9.18 Å². The Kier molecular flexibility index (Phi) is 4.30. The number of ether oxygens (including phenoxy) is 2. The van der Waals surface area contributed by atoms with Gasteiger partial charge in [0, 0.05) is 19.0 Å². The van der Waals surface area contributed by atoms with Crippen LogP contribution in [0.5, 0.6) is 5.75 Å². The second-order valence-corrected chi connectivity index (χ2v) is 7.56. The third-order valence-corrected chi connectivity index (χ3v) is 4.57. The van der Waals surface area contributed by atoms with Gasteiger partial charge in [0.1, 0.15) is 11.4 Å². The van der Waals surface area contributed by atoms with Crippen molar-refractivity contribution < 1.29 is 23.6 Å². The molecule has 25 heavy (non-hydrogen) atoms. The molecule has 1 unspecified atom stereocenters. The molecule has 1 amide bonds. The fraction of sp³-hybridized carbons (Fsp3) is 0.588. The lowest BCUT2D eigenvalue weighted by Crippen LogP contribution is -2.37. The number of nitrogens with zero attached hydrogens (tertiary/aromatic N) is 2. The standard InChI is InChI=1S/C17H21FN2O5/c1-17(2,3)25-16(21)19-7-11-12(8-19)13(11)9-24-15-5-4-10(18)6-14(15)20(22)23/h4-6,11-13H,7-9H2,1-3H3/t11-,12?,13-/m0/s1. The zero-order chi connectivity index (χ0) is 18.4. The summed E-state index contributed by atoms with van der Waals surface area (Å²) >= 11 is 0. The molecule has 7 nitrogen and oxygen atoms in total. The molecule has 3 rings (SSSR count). The number of carbonyl (C=O) groups is 1.